The van der Waals surface area contributed by atoms with Crippen molar-refractivity contribution in [1.29, 1.82) is 0 Å². The molecule has 5 nitrogen and oxygen atoms in total. The minimum Gasteiger partial charge on any atom is -0.356 e. The number of rotatable bonds is 5. The molecule has 16 heavy (non-hydrogen) atoms. The van der Waals surface area contributed by atoms with Crippen molar-refractivity contribution in [2.75, 3.05) is 6.54 Å². The van der Waals surface area contributed by atoms with Gasteiger partial charge >= 0.3 is 0 Å². The monoisotopic (exact) mass is 220 g/mol. The first kappa shape index (κ1) is 10.9. The van der Waals surface area contributed by atoms with Gasteiger partial charge in [0.1, 0.15) is 0 Å². The Bertz CT molecular complexity index is 446. The molecule has 0 amide bonds. The van der Waals surface area contributed by atoms with Crippen LogP contribution in [0.15, 0.2) is 23.0 Å². The van der Waals surface area contributed by atoms with Gasteiger partial charge in [-0.3, -0.25) is 4.68 Å². The third-order valence-electron chi connectivity index (χ3n) is 2.36. The summed E-state index contributed by atoms with van der Waals surface area (Å²) in [5, 5.41) is 11.4. The quantitative estimate of drug-likeness (QED) is 0.832. The fourth-order valence-corrected chi connectivity index (χ4v) is 1.45. The van der Waals surface area contributed by atoms with Crippen LogP contribution in [0, 0.1) is 0 Å². The Morgan fingerprint density at radius 2 is 2.31 bits per heavy atom. The Morgan fingerprint density at radius 1 is 1.44 bits per heavy atom. The Labute approximate surface area is 94.4 Å². The first-order chi connectivity index (χ1) is 7.83. The normalized spacial score (nSPS) is 10.9. The van der Waals surface area contributed by atoms with E-state index in [-0.39, 0.29) is 0 Å². The molecule has 0 saturated carbocycles. The molecule has 0 atom stereocenters. The highest BCUT2D eigenvalue weighted by Gasteiger charge is 2.08. The lowest BCUT2D eigenvalue weighted by atomic mass is 10.2. The van der Waals surface area contributed by atoms with Crippen molar-refractivity contribution in [3.05, 3.63) is 24.2 Å². The third kappa shape index (κ3) is 2.30. The smallest absolute Gasteiger partial charge is 0.170 e. The summed E-state index contributed by atoms with van der Waals surface area (Å²) >= 11 is 0. The van der Waals surface area contributed by atoms with E-state index in [0.717, 1.165) is 36.7 Å². The molecule has 5 heteroatoms. The first-order valence-corrected chi connectivity index (χ1v) is 5.52. The standard InChI is InChI=1S/C11H16N4O/c1-3-12-7-10-5-11(16-14-10)9-6-13-15(4-2)8-9/h5-6,8,12H,3-4,7H2,1-2H3. The topological polar surface area (TPSA) is 55.9 Å². The molecule has 0 bridgehead atoms. The van der Waals surface area contributed by atoms with Gasteiger partial charge in [-0.1, -0.05) is 12.1 Å². The van der Waals surface area contributed by atoms with Crippen LogP contribution < -0.4 is 5.32 Å². The summed E-state index contributed by atoms with van der Waals surface area (Å²) in [6.45, 7) is 6.64. The van der Waals surface area contributed by atoms with E-state index < -0.39 is 0 Å². The van der Waals surface area contributed by atoms with Crippen LogP contribution in [0.2, 0.25) is 0 Å². The summed E-state index contributed by atoms with van der Waals surface area (Å²) < 4.78 is 7.13. The molecular weight excluding hydrogens is 204 g/mol. The summed E-state index contributed by atoms with van der Waals surface area (Å²) in [5.41, 5.74) is 1.89. The second-order valence-electron chi connectivity index (χ2n) is 3.55. The van der Waals surface area contributed by atoms with E-state index in [1.54, 1.807) is 6.20 Å². The number of aromatic nitrogens is 3. The zero-order valence-corrected chi connectivity index (χ0v) is 9.60. The molecular formula is C11H16N4O. The summed E-state index contributed by atoms with van der Waals surface area (Å²) in [4.78, 5) is 0. The molecule has 0 radical (unpaired) electrons. The Morgan fingerprint density at radius 3 is 3.00 bits per heavy atom. The van der Waals surface area contributed by atoms with Crippen molar-refractivity contribution in [3.8, 4) is 11.3 Å². The average Bonchev–Trinajstić information content (AvgIpc) is 2.94. The van der Waals surface area contributed by atoms with E-state index in [2.05, 4.69) is 22.5 Å². The highest BCUT2D eigenvalue weighted by atomic mass is 16.5. The minimum atomic E-state index is 0.738. The van der Waals surface area contributed by atoms with Gasteiger partial charge < -0.3 is 9.84 Å². The van der Waals surface area contributed by atoms with Gasteiger partial charge in [-0.25, -0.2) is 0 Å². The summed E-state index contributed by atoms with van der Waals surface area (Å²) in [6, 6.07) is 1.94. The maximum Gasteiger partial charge on any atom is 0.170 e. The molecule has 0 aliphatic heterocycles. The Kier molecular flexibility index (Phi) is 3.36. The maximum absolute atomic E-state index is 5.26. The summed E-state index contributed by atoms with van der Waals surface area (Å²) in [6.07, 6.45) is 3.75. The van der Waals surface area contributed by atoms with Crippen molar-refractivity contribution in [2.45, 2.75) is 26.9 Å². The van der Waals surface area contributed by atoms with Crippen LogP contribution in [0.3, 0.4) is 0 Å². The third-order valence-corrected chi connectivity index (χ3v) is 2.36. The van der Waals surface area contributed by atoms with E-state index >= 15 is 0 Å². The van der Waals surface area contributed by atoms with E-state index in [0.29, 0.717) is 0 Å². The highest BCUT2D eigenvalue weighted by molar-refractivity contribution is 5.54. The van der Waals surface area contributed by atoms with Gasteiger partial charge in [0.15, 0.2) is 5.76 Å². The van der Waals surface area contributed by atoms with Crippen LogP contribution in [0.25, 0.3) is 11.3 Å². The molecule has 86 valence electrons. The van der Waals surface area contributed by atoms with Crippen molar-refractivity contribution < 1.29 is 4.52 Å². The van der Waals surface area contributed by atoms with Crippen molar-refractivity contribution in [3.63, 3.8) is 0 Å². The van der Waals surface area contributed by atoms with Crippen LogP contribution >= 0.6 is 0 Å². The molecule has 0 unspecified atom stereocenters. The van der Waals surface area contributed by atoms with Crippen LogP contribution in [0.4, 0.5) is 0 Å². The predicted octanol–water partition coefficient (Wildman–Crippen LogP) is 1.67. The molecule has 2 rings (SSSR count). The molecule has 1 N–H and O–H groups in total. The minimum absolute atomic E-state index is 0.738. The van der Waals surface area contributed by atoms with Gasteiger partial charge in [0.25, 0.3) is 0 Å². The molecule has 2 aromatic heterocycles. The summed E-state index contributed by atoms with van der Waals surface area (Å²) in [7, 11) is 0. The fourth-order valence-electron chi connectivity index (χ4n) is 1.45. The molecule has 0 spiro atoms. The molecule has 0 aromatic carbocycles. The van der Waals surface area contributed by atoms with Crippen molar-refractivity contribution in [1.82, 2.24) is 20.3 Å². The zero-order chi connectivity index (χ0) is 11.4. The molecule has 2 aromatic rings. The number of hydrogen-bond acceptors (Lipinski definition) is 4. The van der Waals surface area contributed by atoms with Crippen molar-refractivity contribution in [2.24, 2.45) is 0 Å². The second kappa shape index (κ2) is 4.94. The SMILES string of the molecule is CCNCc1cc(-c2cnn(CC)c2)on1. The molecule has 2 heterocycles. The first-order valence-electron chi connectivity index (χ1n) is 5.52. The number of nitrogens with one attached hydrogen (secondary N) is 1. The second-order valence-corrected chi connectivity index (χ2v) is 3.55. The van der Waals surface area contributed by atoms with E-state index in [1.807, 2.05) is 23.9 Å². The molecule has 0 aliphatic carbocycles. The number of aryl methyl sites for hydroxylation is 1. The Balaban J connectivity index is 2.11. The lowest BCUT2D eigenvalue weighted by molar-refractivity contribution is 0.420. The summed E-state index contributed by atoms with van der Waals surface area (Å²) in [5.74, 6) is 0.771. The fraction of sp³-hybridized carbons (Fsp3) is 0.455. The van der Waals surface area contributed by atoms with Crippen LogP contribution in [-0.2, 0) is 13.1 Å². The van der Waals surface area contributed by atoms with Gasteiger partial charge in [0.05, 0.1) is 17.5 Å². The Hall–Kier alpha value is -1.62. The largest absolute Gasteiger partial charge is 0.356 e. The highest BCUT2D eigenvalue weighted by Crippen LogP contribution is 2.19. The zero-order valence-electron chi connectivity index (χ0n) is 9.60. The predicted molar refractivity (Wildman–Crippen MR) is 60.8 cm³/mol. The molecule has 0 aliphatic rings. The number of nitrogens with zero attached hydrogens (tertiary/aromatic N) is 3. The number of hydrogen-bond donors (Lipinski definition) is 1. The molecule has 0 fully saturated rings. The van der Waals surface area contributed by atoms with Crippen LogP contribution in [0.1, 0.15) is 19.5 Å². The van der Waals surface area contributed by atoms with Crippen LogP contribution in [0.5, 0.6) is 0 Å². The van der Waals surface area contributed by atoms with E-state index in [4.69, 9.17) is 4.52 Å². The van der Waals surface area contributed by atoms with Gasteiger partial charge in [-0.2, -0.15) is 5.10 Å². The van der Waals surface area contributed by atoms with Gasteiger partial charge in [-0.15, -0.1) is 0 Å². The van der Waals surface area contributed by atoms with E-state index in [1.165, 1.54) is 0 Å². The van der Waals surface area contributed by atoms with Crippen molar-refractivity contribution >= 4 is 0 Å². The lowest BCUT2D eigenvalue weighted by Crippen LogP contribution is -2.11. The van der Waals surface area contributed by atoms with E-state index in [9.17, 15) is 0 Å². The average molecular weight is 220 g/mol. The van der Waals surface area contributed by atoms with Gasteiger partial charge in [0, 0.05) is 25.4 Å². The van der Waals surface area contributed by atoms with Gasteiger partial charge in [0.2, 0.25) is 0 Å². The maximum atomic E-state index is 5.26. The molecule has 0 saturated heterocycles. The van der Waals surface area contributed by atoms with Gasteiger partial charge in [-0.05, 0) is 13.5 Å². The van der Waals surface area contributed by atoms with Crippen LogP contribution in [-0.4, -0.2) is 21.5 Å². The lowest BCUT2D eigenvalue weighted by Gasteiger charge is -1.93.